The summed E-state index contributed by atoms with van der Waals surface area (Å²) < 4.78 is 0. The van der Waals surface area contributed by atoms with Crippen LogP contribution in [0.4, 0.5) is 0 Å². The molecule has 4 nitrogen and oxygen atoms in total. The van der Waals surface area contributed by atoms with Gasteiger partial charge in [-0.2, -0.15) is 0 Å². The first kappa shape index (κ1) is 15.3. The molecule has 17 heavy (non-hydrogen) atoms. The fourth-order valence-electron chi connectivity index (χ4n) is 1.06. The van der Waals surface area contributed by atoms with Gasteiger partial charge in [-0.3, -0.25) is 0 Å². The van der Waals surface area contributed by atoms with E-state index < -0.39 is 18.2 Å². The number of carbonyl (C=O) groups is 1. The Morgan fingerprint density at radius 3 is 2.53 bits per heavy atom. The molecular formula is C13H18O4. The summed E-state index contributed by atoms with van der Waals surface area (Å²) in [5.41, 5.74) is 0.155. The minimum Gasteiger partial charge on any atom is -0.478 e. The van der Waals surface area contributed by atoms with Crippen molar-refractivity contribution in [3.05, 3.63) is 48.6 Å². The third kappa shape index (κ3) is 6.50. The van der Waals surface area contributed by atoms with E-state index in [9.17, 15) is 15.0 Å². The van der Waals surface area contributed by atoms with Gasteiger partial charge in [-0.25, -0.2) is 4.79 Å². The second kappa shape index (κ2) is 8.50. The van der Waals surface area contributed by atoms with Crippen molar-refractivity contribution in [1.82, 2.24) is 0 Å². The van der Waals surface area contributed by atoms with Crippen LogP contribution < -0.4 is 0 Å². The zero-order valence-corrected chi connectivity index (χ0v) is 9.78. The van der Waals surface area contributed by atoms with E-state index in [0.29, 0.717) is 0 Å². The van der Waals surface area contributed by atoms with Crippen LogP contribution in [0.1, 0.15) is 13.3 Å². The van der Waals surface area contributed by atoms with E-state index in [-0.39, 0.29) is 12.0 Å². The maximum atomic E-state index is 10.7. The lowest BCUT2D eigenvalue weighted by molar-refractivity contribution is -0.132. The molecule has 0 aromatic heterocycles. The van der Waals surface area contributed by atoms with Gasteiger partial charge < -0.3 is 15.3 Å². The van der Waals surface area contributed by atoms with Crippen molar-refractivity contribution in [2.75, 3.05) is 0 Å². The van der Waals surface area contributed by atoms with Crippen molar-refractivity contribution in [1.29, 1.82) is 0 Å². The van der Waals surface area contributed by atoms with Crippen LogP contribution in [0.25, 0.3) is 0 Å². The first-order valence-corrected chi connectivity index (χ1v) is 5.24. The third-order valence-corrected chi connectivity index (χ3v) is 2.02. The number of allylic oxidation sites excluding steroid dienone is 3. The van der Waals surface area contributed by atoms with Crippen LogP contribution in [0.15, 0.2) is 48.6 Å². The van der Waals surface area contributed by atoms with Crippen molar-refractivity contribution in [2.45, 2.75) is 25.6 Å². The molecule has 0 heterocycles. The van der Waals surface area contributed by atoms with Crippen LogP contribution >= 0.6 is 0 Å². The molecule has 0 unspecified atom stereocenters. The summed E-state index contributed by atoms with van der Waals surface area (Å²) in [6.07, 6.45) is 7.22. The maximum Gasteiger partial charge on any atom is 0.335 e. The Morgan fingerprint density at radius 2 is 2.06 bits per heavy atom. The SMILES string of the molecule is C=C[C@H](O)[C@H](O)C/C=C/C=C(/C=C/C)C(=O)O. The highest BCUT2D eigenvalue weighted by Gasteiger charge is 2.09. The molecule has 0 spiro atoms. The average molecular weight is 238 g/mol. The van der Waals surface area contributed by atoms with Gasteiger partial charge in [0.2, 0.25) is 0 Å². The number of rotatable bonds is 7. The van der Waals surface area contributed by atoms with E-state index in [1.165, 1.54) is 24.3 Å². The standard InChI is InChI=1S/C13H18O4/c1-3-7-10(13(16)17)8-5-6-9-12(15)11(14)4-2/h3-8,11-12,14-15H,2,9H2,1H3,(H,16,17)/b6-5+,7-3+,10-8-/t11-,12+/m0/s1. The zero-order valence-electron chi connectivity index (χ0n) is 9.78. The molecule has 0 rings (SSSR count). The van der Waals surface area contributed by atoms with Gasteiger partial charge in [-0.05, 0) is 19.4 Å². The lowest BCUT2D eigenvalue weighted by atomic mass is 10.1. The van der Waals surface area contributed by atoms with E-state index in [1.807, 2.05) is 0 Å². The molecule has 0 aliphatic rings. The van der Waals surface area contributed by atoms with Crippen LogP contribution in [0.5, 0.6) is 0 Å². The molecule has 0 bridgehead atoms. The van der Waals surface area contributed by atoms with Gasteiger partial charge in [0.15, 0.2) is 0 Å². The molecule has 0 saturated heterocycles. The fraction of sp³-hybridized carbons (Fsp3) is 0.308. The summed E-state index contributed by atoms with van der Waals surface area (Å²) in [6.45, 7) is 5.08. The Morgan fingerprint density at radius 1 is 1.41 bits per heavy atom. The number of carboxylic acids is 1. The summed E-state index contributed by atoms with van der Waals surface area (Å²) >= 11 is 0. The number of hydrogen-bond donors (Lipinski definition) is 3. The van der Waals surface area contributed by atoms with Gasteiger partial charge in [-0.15, -0.1) is 6.58 Å². The monoisotopic (exact) mass is 238 g/mol. The Kier molecular flexibility index (Phi) is 7.67. The van der Waals surface area contributed by atoms with Gasteiger partial charge in [0, 0.05) is 0 Å². The van der Waals surface area contributed by atoms with E-state index >= 15 is 0 Å². The molecule has 3 N–H and O–H groups in total. The Bertz CT molecular complexity index is 339. The second-order valence-corrected chi connectivity index (χ2v) is 3.38. The zero-order chi connectivity index (χ0) is 13.3. The minimum absolute atomic E-state index is 0.155. The van der Waals surface area contributed by atoms with Gasteiger partial charge in [0.1, 0.15) is 0 Å². The first-order chi connectivity index (χ1) is 8.02. The minimum atomic E-state index is -1.01. The molecule has 2 atom stereocenters. The fourth-order valence-corrected chi connectivity index (χ4v) is 1.06. The number of hydrogen-bond acceptors (Lipinski definition) is 3. The van der Waals surface area contributed by atoms with Gasteiger partial charge in [0.25, 0.3) is 0 Å². The second-order valence-electron chi connectivity index (χ2n) is 3.38. The highest BCUT2D eigenvalue weighted by atomic mass is 16.4. The molecule has 0 amide bonds. The number of carboxylic acid groups (broad SMARTS) is 1. The van der Waals surface area contributed by atoms with Gasteiger partial charge in [-0.1, -0.05) is 30.4 Å². The van der Waals surface area contributed by atoms with E-state index in [4.69, 9.17) is 5.11 Å². The summed E-state index contributed by atoms with van der Waals surface area (Å²) in [4.78, 5) is 10.7. The predicted molar refractivity (Wildman–Crippen MR) is 66.5 cm³/mol. The molecule has 0 aromatic carbocycles. The van der Waals surface area contributed by atoms with Crippen LogP contribution in [0, 0.1) is 0 Å². The van der Waals surface area contributed by atoms with E-state index in [0.717, 1.165) is 0 Å². The highest BCUT2D eigenvalue weighted by molar-refractivity contribution is 5.90. The summed E-state index contributed by atoms with van der Waals surface area (Å²) in [5.74, 6) is -1.01. The first-order valence-electron chi connectivity index (χ1n) is 5.24. The number of aliphatic hydroxyl groups excluding tert-OH is 2. The molecule has 4 heteroatoms. The van der Waals surface area contributed by atoms with Crippen molar-refractivity contribution in [2.24, 2.45) is 0 Å². The van der Waals surface area contributed by atoms with Crippen molar-refractivity contribution >= 4 is 5.97 Å². The largest absolute Gasteiger partial charge is 0.478 e. The lowest BCUT2D eigenvalue weighted by Crippen LogP contribution is -2.22. The summed E-state index contributed by atoms with van der Waals surface area (Å²) in [5, 5.41) is 27.3. The number of aliphatic hydroxyl groups is 2. The van der Waals surface area contributed by atoms with Crippen molar-refractivity contribution < 1.29 is 20.1 Å². The quantitative estimate of drug-likeness (QED) is 0.356. The van der Waals surface area contributed by atoms with Crippen molar-refractivity contribution in [3.63, 3.8) is 0 Å². The predicted octanol–water partition coefficient (Wildman–Crippen LogP) is 1.43. The topological polar surface area (TPSA) is 77.8 Å². The van der Waals surface area contributed by atoms with Crippen LogP contribution in [0.3, 0.4) is 0 Å². The van der Waals surface area contributed by atoms with Gasteiger partial charge >= 0.3 is 5.97 Å². The molecule has 0 aromatic rings. The van der Waals surface area contributed by atoms with Gasteiger partial charge in [0.05, 0.1) is 17.8 Å². The Labute approximate surface area is 101 Å². The summed E-state index contributed by atoms with van der Waals surface area (Å²) in [7, 11) is 0. The molecular weight excluding hydrogens is 220 g/mol. The average Bonchev–Trinajstić information content (AvgIpc) is 2.31. The van der Waals surface area contributed by atoms with Crippen LogP contribution in [-0.4, -0.2) is 33.5 Å². The van der Waals surface area contributed by atoms with E-state index in [2.05, 4.69) is 6.58 Å². The molecule has 0 saturated carbocycles. The Balaban J connectivity index is 4.38. The lowest BCUT2D eigenvalue weighted by Gasteiger charge is -2.10. The molecule has 0 fully saturated rings. The number of aliphatic carboxylic acids is 1. The smallest absolute Gasteiger partial charge is 0.335 e. The highest BCUT2D eigenvalue weighted by Crippen LogP contribution is 2.03. The normalized spacial score (nSPS) is 16.3. The van der Waals surface area contributed by atoms with E-state index in [1.54, 1.807) is 19.1 Å². The van der Waals surface area contributed by atoms with Crippen LogP contribution in [0.2, 0.25) is 0 Å². The molecule has 94 valence electrons. The molecule has 0 aliphatic carbocycles. The molecule has 0 radical (unpaired) electrons. The molecule has 0 aliphatic heterocycles. The Hall–Kier alpha value is -1.65. The third-order valence-electron chi connectivity index (χ3n) is 2.02. The van der Waals surface area contributed by atoms with Crippen LogP contribution in [-0.2, 0) is 4.79 Å². The maximum absolute atomic E-state index is 10.7. The summed E-state index contributed by atoms with van der Waals surface area (Å²) in [6, 6.07) is 0. The van der Waals surface area contributed by atoms with Crippen molar-refractivity contribution in [3.8, 4) is 0 Å².